The second kappa shape index (κ2) is 13.5. The number of nitrogens with zero attached hydrogens (tertiary/aromatic N) is 3. The van der Waals surface area contributed by atoms with Gasteiger partial charge in [-0.1, -0.05) is 38.2 Å². The molecule has 0 saturated heterocycles. The van der Waals surface area contributed by atoms with Gasteiger partial charge in [0.15, 0.2) is 5.76 Å². The van der Waals surface area contributed by atoms with Crippen LogP contribution in [0.3, 0.4) is 0 Å². The molecule has 3 atom stereocenters. The molecule has 0 aromatic carbocycles. The minimum Gasteiger partial charge on any atom is -0.496 e. The van der Waals surface area contributed by atoms with Gasteiger partial charge in [0.2, 0.25) is 5.96 Å². The van der Waals surface area contributed by atoms with E-state index in [1.807, 2.05) is 6.20 Å². The van der Waals surface area contributed by atoms with E-state index in [4.69, 9.17) is 23.9 Å². The van der Waals surface area contributed by atoms with E-state index in [-0.39, 0.29) is 18.7 Å². The minimum atomic E-state index is -0.138. The zero-order valence-corrected chi connectivity index (χ0v) is 24.2. The van der Waals surface area contributed by atoms with Gasteiger partial charge in [0, 0.05) is 49.3 Å². The molecule has 218 valence electrons. The molecule has 2 aliphatic heterocycles. The van der Waals surface area contributed by atoms with Crippen molar-refractivity contribution in [2.75, 3.05) is 53.2 Å². The Morgan fingerprint density at radius 3 is 2.95 bits per heavy atom. The van der Waals surface area contributed by atoms with Gasteiger partial charge in [-0.15, -0.1) is 0 Å². The van der Waals surface area contributed by atoms with Gasteiger partial charge in [-0.05, 0) is 57.0 Å². The number of hydrogen-bond acceptors (Lipinski definition) is 8. The summed E-state index contributed by atoms with van der Waals surface area (Å²) in [7, 11) is 1.71. The smallest absolute Gasteiger partial charge is 0.226 e. The molecule has 5 aliphatic rings. The average Bonchev–Trinajstić information content (AvgIpc) is 3.76. The van der Waals surface area contributed by atoms with Crippen molar-refractivity contribution in [2.45, 2.75) is 46.0 Å². The Balaban J connectivity index is 0.00000387. The fraction of sp³-hybridized carbons (Fsp3) is 0.562. The van der Waals surface area contributed by atoms with Crippen molar-refractivity contribution in [1.82, 2.24) is 10.2 Å². The zero-order valence-electron chi connectivity index (χ0n) is 24.2. The number of methoxy groups -OCH3 is 1. The molecule has 8 nitrogen and oxygen atoms in total. The number of rotatable bonds is 7. The van der Waals surface area contributed by atoms with Crippen LogP contribution in [-0.2, 0) is 18.9 Å². The highest BCUT2D eigenvalue weighted by Gasteiger charge is 2.60. The lowest BCUT2D eigenvalue weighted by molar-refractivity contribution is 0.0851. The van der Waals surface area contributed by atoms with Gasteiger partial charge in [0.25, 0.3) is 0 Å². The van der Waals surface area contributed by atoms with Gasteiger partial charge >= 0.3 is 0 Å². The Bertz CT molecular complexity index is 1160. The maximum absolute atomic E-state index is 6.32. The Kier molecular flexibility index (Phi) is 9.60. The molecule has 1 fully saturated rings. The van der Waals surface area contributed by atoms with E-state index in [0.717, 1.165) is 80.4 Å². The molecular formula is C32H46N4O4. The lowest BCUT2D eigenvalue weighted by Gasteiger charge is -2.27. The van der Waals surface area contributed by atoms with Crippen molar-refractivity contribution in [2.24, 2.45) is 27.2 Å². The molecular weight excluding hydrogens is 504 g/mol. The quantitative estimate of drug-likeness (QED) is 0.422. The molecule has 1 saturated carbocycles. The third-order valence-electron chi connectivity index (χ3n) is 8.34. The summed E-state index contributed by atoms with van der Waals surface area (Å²) in [5, 5.41) is 3.52. The first kappa shape index (κ1) is 28.4. The van der Waals surface area contributed by atoms with E-state index >= 15 is 0 Å². The monoisotopic (exact) mass is 550 g/mol. The molecule has 0 aromatic heterocycles. The molecule has 6 bridgehead atoms. The van der Waals surface area contributed by atoms with Crippen LogP contribution in [0, 0.1) is 17.3 Å². The SMILES string of the molecule is CCN(CC)CCOC1=CC=C2CC1COC/C=C\CCCOC1=C(OC)C=CC3(CC13)C1=NC(=NC=CC1)N2.[HH]. The number of hydrogen-bond donors (Lipinski definition) is 1. The maximum Gasteiger partial charge on any atom is 0.226 e. The van der Waals surface area contributed by atoms with Crippen LogP contribution in [0.25, 0.3) is 0 Å². The molecule has 0 radical (unpaired) electrons. The fourth-order valence-corrected chi connectivity index (χ4v) is 5.84. The van der Waals surface area contributed by atoms with Gasteiger partial charge in [-0.3, -0.25) is 0 Å². The number of guanidine groups is 1. The van der Waals surface area contributed by atoms with Crippen LogP contribution in [0.2, 0.25) is 0 Å². The van der Waals surface area contributed by atoms with Crippen LogP contribution >= 0.6 is 0 Å². The van der Waals surface area contributed by atoms with Gasteiger partial charge in [-0.2, -0.15) is 0 Å². The number of fused-ring (bicyclic) bond motifs is 3. The molecule has 40 heavy (non-hydrogen) atoms. The summed E-state index contributed by atoms with van der Waals surface area (Å²) in [4.78, 5) is 12.1. The predicted molar refractivity (Wildman–Crippen MR) is 161 cm³/mol. The van der Waals surface area contributed by atoms with Crippen molar-refractivity contribution < 1.29 is 20.4 Å². The molecule has 0 spiro atoms. The largest absolute Gasteiger partial charge is 0.496 e. The molecule has 8 heteroatoms. The van der Waals surface area contributed by atoms with Gasteiger partial charge in [0.1, 0.15) is 18.1 Å². The Hall–Kier alpha value is -3.10. The van der Waals surface area contributed by atoms with E-state index in [9.17, 15) is 0 Å². The summed E-state index contributed by atoms with van der Waals surface area (Å²) >= 11 is 0. The van der Waals surface area contributed by atoms with E-state index < -0.39 is 0 Å². The predicted octanol–water partition coefficient (Wildman–Crippen LogP) is 5.50. The number of ether oxygens (including phenoxy) is 4. The van der Waals surface area contributed by atoms with Crippen LogP contribution < -0.4 is 5.32 Å². The Morgan fingerprint density at radius 2 is 2.10 bits per heavy atom. The Labute approximate surface area is 240 Å². The van der Waals surface area contributed by atoms with Gasteiger partial charge in [-0.25, -0.2) is 9.98 Å². The second-order valence-electron chi connectivity index (χ2n) is 10.8. The molecule has 5 rings (SSSR count). The number of likely N-dealkylation sites (N-methyl/N-ethyl adjacent to an activating group) is 1. The molecule has 2 heterocycles. The summed E-state index contributed by atoms with van der Waals surface area (Å²) in [6.45, 7) is 9.84. The lowest BCUT2D eigenvalue weighted by atomic mass is 9.90. The van der Waals surface area contributed by atoms with E-state index in [0.29, 0.717) is 32.4 Å². The van der Waals surface area contributed by atoms with Crippen LogP contribution in [0.5, 0.6) is 0 Å². The number of nitrogens with one attached hydrogen (secondary N) is 1. The third-order valence-corrected chi connectivity index (χ3v) is 8.34. The normalized spacial score (nSPS) is 29.1. The summed E-state index contributed by atoms with van der Waals surface area (Å²) in [6, 6.07) is 0. The molecule has 1 N–H and O–H groups in total. The van der Waals surface area contributed by atoms with Crippen molar-refractivity contribution >= 4 is 11.7 Å². The molecule has 3 aliphatic carbocycles. The van der Waals surface area contributed by atoms with Crippen molar-refractivity contribution in [1.29, 1.82) is 0 Å². The van der Waals surface area contributed by atoms with Crippen molar-refractivity contribution in [3.8, 4) is 0 Å². The van der Waals surface area contributed by atoms with Crippen LogP contribution in [-0.4, -0.2) is 69.7 Å². The number of allylic oxidation sites excluding steroid dienone is 8. The number of aliphatic imine (C=N–C) groups is 2. The lowest BCUT2D eigenvalue weighted by Crippen LogP contribution is -2.30. The summed E-state index contributed by atoms with van der Waals surface area (Å²) in [5.41, 5.74) is 2.03. The van der Waals surface area contributed by atoms with Gasteiger partial charge < -0.3 is 29.2 Å². The first-order valence-electron chi connectivity index (χ1n) is 14.8. The van der Waals surface area contributed by atoms with Crippen LogP contribution in [0.15, 0.2) is 81.7 Å². The average molecular weight is 551 g/mol. The first-order valence-corrected chi connectivity index (χ1v) is 14.8. The fourth-order valence-electron chi connectivity index (χ4n) is 5.84. The third kappa shape index (κ3) is 6.61. The highest BCUT2D eigenvalue weighted by Crippen LogP contribution is 2.62. The summed E-state index contributed by atoms with van der Waals surface area (Å²) < 4.78 is 24.4. The van der Waals surface area contributed by atoms with E-state index in [2.05, 4.69) is 71.6 Å². The summed E-state index contributed by atoms with van der Waals surface area (Å²) in [6.07, 6.45) is 21.1. The molecule has 3 unspecified atom stereocenters. The zero-order chi connectivity index (χ0) is 27.8. The molecule has 0 aromatic rings. The van der Waals surface area contributed by atoms with E-state index in [1.165, 1.54) is 0 Å². The summed E-state index contributed by atoms with van der Waals surface area (Å²) in [5.74, 6) is 3.76. The first-order chi connectivity index (χ1) is 19.7. The van der Waals surface area contributed by atoms with Crippen LogP contribution in [0.1, 0.15) is 47.4 Å². The van der Waals surface area contributed by atoms with Crippen molar-refractivity contribution in [3.05, 3.63) is 71.7 Å². The highest BCUT2D eigenvalue weighted by atomic mass is 16.5. The minimum absolute atomic E-state index is 0. The topological polar surface area (TPSA) is 76.9 Å². The second-order valence-corrected chi connectivity index (χ2v) is 10.8. The standard InChI is InChI=1S/C32H44N4O4.H2/c1-4-36(5-2)17-20-39-27-13-12-25-21-24(27)23-38-18-8-6-7-9-19-40-30-26-22-32(26,15-14-28(30)37-3)29-11-10-16-33-31(34-25)35-29;/h6,8,10,12-16,24,26H,4-5,7,9,11,17-23H2,1-3H3,(H,33,34);1H/b8-6-;. The molecule has 0 amide bonds. The van der Waals surface area contributed by atoms with Crippen molar-refractivity contribution in [3.63, 3.8) is 0 Å². The highest BCUT2D eigenvalue weighted by molar-refractivity contribution is 6.05. The van der Waals surface area contributed by atoms with Gasteiger partial charge in [0.05, 0.1) is 26.9 Å². The van der Waals surface area contributed by atoms with E-state index in [1.54, 1.807) is 7.11 Å². The van der Waals surface area contributed by atoms with Crippen LogP contribution in [0.4, 0.5) is 0 Å². The maximum atomic E-state index is 6.32. The Morgan fingerprint density at radius 1 is 1.20 bits per heavy atom.